The van der Waals surface area contributed by atoms with Crippen LogP contribution in [0.15, 0.2) is 53.7 Å². The van der Waals surface area contributed by atoms with E-state index in [1.54, 1.807) is 6.07 Å². The van der Waals surface area contributed by atoms with Crippen LogP contribution in [0.5, 0.6) is 0 Å². The number of alkyl halides is 3. The molecule has 3 rings (SSSR count). The van der Waals surface area contributed by atoms with Crippen molar-refractivity contribution in [1.82, 2.24) is 20.1 Å². The Hall–Kier alpha value is -3.25. The van der Waals surface area contributed by atoms with Crippen LogP contribution < -0.4 is 10.5 Å². The van der Waals surface area contributed by atoms with Crippen molar-refractivity contribution in [2.45, 2.75) is 37.4 Å². The average Bonchev–Trinajstić information content (AvgIpc) is 3.17. The van der Waals surface area contributed by atoms with Crippen molar-refractivity contribution in [2.24, 2.45) is 5.14 Å². The van der Waals surface area contributed by atoms with Gasteiger partial charge in [0.05, 0.1) is 27.9 Å². The molecule has 2 heterocycles. The number of aromatic nitrogens is 3. The second-order valence-corrected chi connectivity index (χ2v) is 8.85. The minimum atomic E-state index is -4.51. The van der Waals surface area contributed by atoms with Crippen molar-refractivity contribution in [3.05, 3.63) is 71.2 Å². The molecule has 0 saturated heterocycles. The number of pyridine rings is 1. The zero-order chi connectivity index (χ0) is 23.7. The van der Waals surface area contributed by atoms with Crippen LogP contribution >= 0.6 is 0 Å². The molecule has 0 saturated carbocycles. The van der Waals surface area contributed by atoms with Gasteiger partial charge in [0.15, 0.2) is 5.82 Å². The van der Waals surface area contributed by atoms with Crippen LogP contribution in [0.4, 0.5) is 13.2 Å². The maximum Gasteiger partial charge on any atom is 0.417 e. The van der Waals surface area contributed by atoms with Gasteiger partial charge in [-0.3, -0.25) is 4.79 Å². The number of amides is 1. The molecule has 32 heavy (non-hydrogen) atoms. The quantitative estimate of drug-likeness (QED) is 0.578. The summed E-state index contributed by atoms with van der Waals surface area (Å²) in [7, 11) is -3.88. The highest BCUT2D eigenvalue weighted by atomic mass is 32.2. The Morgan fingerprint density at radius 3 is 2.47 bits per heavy atom. The van der Waals surface area contributed by atoms with Gasteiger partial charge in [-0.05, 0) is 35.7 Å². The smallest absolute Gasteiger partial charge is 0.348 e. The summed E-state index contributed by atoms with van der Waals surface area (Å²) in [4.78, 5) is 16.5. The number of sulfonamides is 1. The van der Waals surface area contributed by atoms with Gasteiger partial charge in [-0.1, -0.05) is 26.0 Å². The van der Waals surface area contributed by atoms with Crippen LogP contribution in [0.3, 0.4) is 0 Å². The SMILES string of the molecule is CC(C)c1c(C(=O)NCc2cccc(S(N)(=O)=O)c2)cnn1-c1ccc(C(F)(F)F)cn1. The van der Waals surface area contributed by atoms with E-state index in [2.05, 4.69) is 15.4 Å². The van der Waals surface area contributed by atoms with Crippen molar-refractivity contribution in [2.75, 3.05) is 0 Å². The van der Waals surface area contributed by atoms with Gasteiger partial charge in [0.1, 0.15) is 0 Å². The maximum atomic E-state index is 12.8. The third kappa shape index (κ3) is 5.14. The molecule has 0 fully saturated rings. The van der Waals surface area contributed by atoms with E-state index < -0.39 is 27.7 Å². The zero-order valence-corrected chi connectivity index (χ0v) is 17.9. The molecule has 0 atom stereocenters. The fourth-order valence-electron chi connectivity index (χ4n) is 3.06. The standard InChI is InChI=1S/C20H20F3N5O3S/c1-12(2)18-16(11-27-28(18)17-7-6-14(10-25-17)20(21,22)23)19(29)26-9-13-4-3-5-15(8-13)32(24,30)31/h3-8,10-12H,9H2,1-2H3,(H,26,29)(H2,24,30,31). The van der Waals surface area contributed by atoms with Gasteiger partial charge in [0, 0.05) is 12.7 Å². The number of hydrogen-bond acceptors (Lipinski definition) is 5. The summed E-state index contributed by atoms with van der Waals surface area (Å²) >= 11 is 0. The van der Waals surface area contributed by atoms with E-state index in [1.807, 2.05) is 13.8 Å². The van der Waals surface area contributed by atoms with Gasteiger partial charge >= 0.3 is 6.18 Å². The first-order valence-corrected chi connectivity index (χ1v) is 10.9. The molecule has 170 valence electrons. The van der Waals surface area contributed by atoms with E-state index in [9.17, 15) is 26.4 Å². The van der Waals surface area contributed by atoms with Crippen LogP contribution in [0.25, 0.3) is 5.82 Å². The second kappa shape index (κ2) is 8.71. The van der Waals surface area contributed by atoms with E-state index in [1.165, 1.54) is 35.1 Å². The monoisotopic (exact) mass is 467 g/mol. The molecule has 3 N–H and O–H groups in total. The minimum Gasteiger partial charge on any atom is -0.348 e. The normalized spacial score (nSPS) is 12.2. The van der Waals surface area contributed by atoms with Crippen molar-refractivity contribution >= 4 is 15.9 Å². The fraction of sp³-hybridized carbons (Fsp3) is 0.250. The van der Waals surface area contributed by atoms with Crippen molar-refractivity contribution in [3.8, 4) is 5.82 Å². The van der Waals surface area contributed by atoms with Crippen LogP contribution in [0, 0.1) is 0 Å². The van der Waals surface area contributed by atoms with E-state index in [-0.39, 0.29) is 28.7 Å². The second-order valence-electron chi connectivity index (χ2n) is 7.29. The summed E-state index contributed by atoms with van der Waals surface area (Å²) in [5.41, 5.74) is 0.323. The summed E-state index contributed by atoms with van der Waals surface area (Å²) in [6.07, 6.45) is -2.49. The molecule has 0 spiro atoms. The first-order chi connectivity index (χ1) is 14.9. The minimum absolute atomic E-state index is 0.0312. The predicted octanol–water partition coefficient (Wildman–Crippen LogP) is 2.99. The highest BCUT2D eigenvalue weighted by Crippen LogP contribution is 2.29. The van der Waals surface area contributed by atoms with Crippen LogP contribution in [-0.4, -0.2) is 29.1 Å². The number of nitrogens with two attached hydrogens (primary N) is 1. The van der Waals surface area contributed by atoms with E-state index in [0.29, 0.717) is 17.5 Å². The summed E-state index contributed by atoms with van der Waals surface area (Å²) < 4.78 is 62.7. The third-order valence-electron chi connectivity index (χ3n) is 4.57. The summed E-state index contributed by atoms with van der Waals surface area (Å²) in [5.74, 6) is -0.539. The Morgan fingerprint density at radius 1 is 1.19 bits per heavy atom. The Bertz CT molecular complexity index is 1240. The molecule has 1 amide bonds. The fourth-order valence-corrected chi connectivity index (χ4v) is 3.64. The summed E-state index contributed by atoms with van der Waals surface area (Å²) in [5, 5.41) is 11.9. The van der Waals surface area contributed by atoms with Crippen molar-refractivity contribution in [3.63, 3.8) is 0 Å². The number of rotatable bonds is 6. The number of hydrogen-bond donors (Lipinski definition) is 2. The molecular formula is C20H20F3N5O3S. The molecule has 2 aromatic heterocycles. The number of primary sulfonamides is 1. The number of nitrogens with zero attached hydrogens (tertiary/aromatic N) is 3. The lowest BCUT2D eigenvalue weighted by atomic mass is 10.1. The number of halogens is 3. The van der Waals surface area contributed by atoms with Crippen LogP contribution in [-0.2, 0) is 22.7 Å². The predicted molar refractivity (Wildman–Crippen MR) is 109 cm³/mol. The van der Waals surface area contributed by atoms with E-state index in [4.69, 9.17) is 5.14 Å². The summed E-state index contributed by atoms with van der Waals surface area (Å²) in [6, 6.07) is 7.92. The van der Waals surface area contributed by atoms with Crippen LogP contribution in [0.2, 0.25) is 0 Å². The first-order valence-electron chi connectivity index (χ1n) is 9.39. The first kappa shape index (κ1) is 23.4. The Kier molecular flexibility index (Phi) is 6.37. The van der Waals surface area contributed by atoms with Crippen LogP contribution in [0.1, 0.15) is 46.9 Å². The highest BCUT2D eigenvalue weighted by Gasteiger charge is 2.31. The summed E-state index contributed by atoms with van der Waals surface area (Å²) in [6.45, 7) is 3.65. The van der Waals surface area contributed by atoms with Crippen molar-refractivity contribution in [1.29, 1.82) is 0 Å². The maximum absolute atomic E-state index is 12.8. The van der Waals surface area contributed by atoms with Gasteiger partial charge in [-0.15, -0.1) is 0 Å². The molecule has 0 aliphatic heterocycles. The molecule has 0 aliphatic rings. The molecule has 3 aromatic rings. The molecule has 12 heteroatoms. The van der Waals surface area contributed by atoms with Gasteiger partial charge in [-0.25, -0.2) is 23.2 Å². The topological polar surface area (TPSA) is 120 Å². The average molecular weight is 467 g/mol. The Labute approximate surface area is 182 Å². The van der Waals surface area contributed by atoms with E-state index >= 15 is 0 Å². The molecular weight excluding hydrogens is 447 g/mol. The molecule has 0 radical (unpaired) electrons. The lowest BCUT2D eigenvalue weighted by molar-refractivity contribution is -0.137. The van der Waals surface area contributed by atoms with Gasteiger partial charge in [0.2, 0.25) is 10.0 Å². The number of carbonyl (C=O) groups excluding carboxylic acids is 1. The Morgan fingerprint density at radius 2 is 1.91 bits per heavy atom. The van der Waals surface area contributed by atoms with Crippen molar-refractivity contribution < 1.29 is 26.4 Å². The number of nitrogens with one attached hydrogen (secondary N) is 1. The van der Waals surface area contributed by atoms with Gasteiger partial charge in [0.25, 0.3) is 5.91 Å². The lowest BCUT2D eigenvalue weighted by Crippen LogP contribution is -2.24. The van der Waals surface area contributed by atoms with E-state index in [0.717, 1.165) is 6.07 Å². The highest BCUT2D eigenvalue weighted by molar-refractivity contribution is 7.89. The third-order valence-corrected chi connectivity index (χ3v) is 5.48. The van der Waals surface area contributed by atoms with Gasteiger partial charge in [-0.2, -0.15) is 18.3 Å². The molecule has 1 aromatic carbocycles. The molecule has 0 unspecified atom stereocenters. The largest absolute Gasteiger partial charge is 0.417 e. The molecule has 0 bridgehead atoms. The number of carbonyl (C=O) groups is 1. The molecule has 8 nitrogen and oxygen atoms in total. The Balaban J connectivity index is 1.84. The molecule has 0 aliphatic carbocycles. The zero-order valence-electron chi connectivity index (χ0n) is 17.1. The number of benzene rings is 1. The lowest BCUT2D eigenvalue weighted by Gasteiger charge is -2.13. The van der Waals surface area contributed by atoms with Gasteiger partial charge < -0.3 is 5.32 Å².